The quantitative estimate of drug-likeness (QED) is 0.335. The van der Waals surface area contributed by atoms with Crippen molar-refractivity contribution in [3.05, 3.63) is 94.0 Å². The highest BCUT2D eigenvalue weighted by Gasteiger charge is 2.32. The van der Waals surface area contributed by atoms with Gasteiger partial charge >= 0.3 is 0 Å². The first-order valence-electron chi connectivity index (χ1n) is 12.5. The average molecular weight is 553 g/mol. The van der Waals surface area contributed by atoms with E-state index in [1.165, 1.54) is 16.4 Å². The van der Waals surface area contributed by atoms with E-state index in [9.17, 15) is 13.2 Å². The van der Waals surface area contributed by atoms with Crippen LogP contribution in [0.4, 0.5) is 0 Å². The molecule has 0 spiro atoms. The molecule has 8 nitrogen and oxygen atoms in total. The second-order valence-electron chi connectivity index (χ2n) is 9.12. The van der Waals surface area contributed by atoms with Gasteiger partial charge in [-0.15, -0.1) is 0 Å². The molecule has 1 aliphatic heterocycles. The highest BCUT2D eigenvalue weighted by atomic mass is 35.5. The van der Waals surface area contributed by atoms with Gasteiger partial charge in [0.05, 0.1) is 34.1 Å². The average Bonchev–Trinajstić information content (AvgIpc) is 2.94. The maximum atomic E-state index is 13.7. The molecular weight excluding hydrogens is 524 g/mol. The molecule has 1 unspecified atom stereocenters. The maximum Gasteiger partial charge on any atom is 0.266 e. The van der Waals surface area contributed by atoms with Gasteiger partial charge in [-0.1, -0.05) is 23.7 Å². The lowest BCUT2D eigenvalue weighted by Gasteiger charge is -2.37. The van der Waals surface area contributed by atoms with Crippen LogP contribution < -0.4 is 10.3 Å². The van der Waals surface area contributed by atoms with E-state index in [1.807, 2.05) is 56.3 Å². The molecule has 3 aromatic carbocycles. The molecule has 1 aliphatic rings. The van der Waals surface area contributed by atoms with Crippen LogP contribution >= 0.6 is 11.6 Å². The number of sulfonamides is 1. The van der Waals surface area contributed by atoms with Crippen LogP contribution in [0, 0.1) is 0 Å². The molecule has 0 amide bonds. The molecule has 0 N–H and O–H groups in total. The summed E-state index contributed by atoms with van der Waals surface area (Å²) in [7, 11) is -3.62. The van der Waals surface area contributed by atoms with E-state index in [0.29, 0.717) is 60.2 Å². The molecule has 1 atom stereocenters. The van der Waals surface area contributed by atoms with E-state index >= 15 is 0 Å². The zero-order valence-corrected chi connectivity index (χ0v) is 22.8. The number of fused-ring (bicyclic) bond motifs is 1. The van der Waals surface area contributed by atoms with Crippen LogP contribution in [-0.2, 0) is 10.0 Å². The zero-order chi connectivity index (χ0) is 26.9. The summed E-state index contributed by atoms with van der Waals surface area (Å²) < 4.78 is 35.0. The molecule has 0 saturated carbocycles. The Morgan fingerprint density at radius 1 is 0.947 bits per heavy atom. The van der Waals surface area contributed by atoms with Crippen LogP contribution in [0.15, 0.2) is 82.5 Å². The summed E-state index contributed by atoms with van der Waals surface area (Å²) in [5.74, 6) is 1.33. The minimum absolute atomic E-state index is 0.148. The number of rotatable bonds is 7. The molecule has 10 heteroatoms. The second-order valence-corrected chi connectivity index (χ2v) is 11.5. The van der Waals surface area contributed by atoms with Crippen molar-refractivity contribution in [1.29, 1.82) is 0 Å². The third-order valence-corrected chi connectivity index (χ3v) is 9.02. The van der Waals surface area contributed by atoms with Crippen LogP contribution in [0.2, 0.25) is 5.02 Å². The van der Waals surface area contributed by atoms with Crippen molar-refractivity contribution in [2.24, 2.45) is 0 Å². The number of halogens is 1. The number of nitrogens with zero attached hydrogens (tertiary/aromatic N) is 4. The number of benzene rings is 3. The largest absolute Gasteiger partial charge is 0.494 e. The second kappa shape index (κ2) is 10.9. The number of para-hydroxylation sites is 1. The van der Waals surface area contributed by atoms with E-state index in [1.54, 1.807) is 22.8 Å². The summed E-state index contributed by atoms with van der Waals surface area (Å²) in [5, 5.41) is 1.03. The van der Waals surface area contributed by atoms with E-state index in [4.69, 9.17) is 21.3 Å². The first-order valence-corrected chi connectivity index (χ1v) is 14.4. The number of piperazine rings is 1. The summed E-state index contributed by atoms with van der Waals surface area (Å²) in [6.07, 6.45) is 0. The fourth-order valence-electron chi connectivity index (χ4n) is 4.79. The minimum Gasteiger partial charge on any atom is -0.494 e. The third-order valence-electron chi connectivity index (χ3n) is 6.85. The Morgan fingerprint density at radius 2 is 1.61 bits per heavy atom. The van der Waals surface area contributed by atoms with Gasteiger partial charge in [0, 0.05) is 31.2 Å². The SMILES string of the molecule is CCOc1ccc(-n2c(C(C)N3CCN(S(=O)(=O)c4ccc(Cl)cc4)CC3)nc3ccccc3c2=O)cc1. The minimum atomic E-state index is -3.62. The van der Waals surface area contributed by atoms with Crippen molar-refractivity contribution in [2.45, 2.75) is 24.8 Å². The Morgan fingerprint density at radius 3 is 2.26 bits per heavy atom. The molecule has 0 bridgehead atoms. The number of aromatic nitrogens is 2. The van der Waals surface area contributed by atoms with Crippen molar-refractivity contribution in [3.8, 4) is 11.4 Å². The Hall–Kier alpha value is -3.24. The zero-order valence-electron chi connectivity index (χ0n) is 21.2. The van der Waals surface area contributed by atoms with Crippen LogP contribution in [0.5, 0.6) is 5.75 Å². The molecule has 1 saturated heterocycles. The van der Waals surface area contributed by atoms with Gasteiger partial charge < -0.3 is 4.74 Å². The first-order chi connectivity index (χ1) is 18.3. The van der Waals surface area contributed by atoms with Gasteiger partial charge in [0.2, 0.25) is 10.0 Å². The van der Waals surface area contributed by atoms with E-state index in [2.05, 4.69) is 4.90 Å². The Balaban J connectivity index is 1.45. The van der Waals surface area contributed by atoms with Gasteiger partial charge in [0.1, 0.15) is 11.6 Å². The van der Waals surface area contributed by atoms with Crippen molar-refractivity contribution in [1.82, 2.24) is 18.8 Å². The maximum absolute atomic E-state index is 13.7. The molecule has 5 rings (SSSR count). The summed E-state index contributed by atoms with van der Waals surface area (Å²) in [4.78, 5) is 21.0. The van der Waals surface area contributed by atoms with Crippen LogP contribution in [-0.4, -0.2) is 60.0 Å². The lowest BCUT2D eigenvalue weighted by Crippen LogP contribution is -2.49. The molecule has 4 aromatic rings. The molecule has 0 radical (unpaired) electrons. The lowest BCUT2D eigenvalue weighted by atomic mass is 10.1. The normalized spacial score (nSPS) is 16.0. The topological polar surface area (TPSA) is 84.7 Å². The summed E-state index contributed by atoms with van der Waals surface area (Å²) >= 11 is 5.93. The van der Waals surface area contributed by atoms with Crippen molar-refractivity contribution < 1.29 is 13.2 Å². The Labute approximate surface area is 227 Å². The number of hydrogen-bond acceptors (Lipinski definition) is 6. The van der Waals surface area contributed by atoms with Crippen LogP contribution in [0.1, 0.15) is 25.7 Å². The highest BCUT2D eigenvalue weighted by molar-refractivity contribution is 7.89. The third kappa shape index (κ3) is 5.07. The molecule has 1 fully saturated rings. The number of ether oxygens (including phenoxy) is 1. The van der Waals surface area contributed by atoms with E-state index < -0.39 is 10.0 Å². The van der Waals surface area contributed by atoms with Gasteiger partial charge in [-0.3, -0.25) is 14.3 Å². The van der Waals surface area contributed by atoms with Gasteiger partial charge in [0.15, 0.2) is 0 Å². The van der Waals surface area contributed by atoms with Gasteiger partial charge in [-0.2, -0.15) is 4.31 Å². The predicted molar refractivity (Wildman–Crippen MR) is 149 cm³/mol. The fraction of sp³-hybridized carbons (Fsp3) is 0.286. The summed E-state index contributed by atoms with van der Waals surface area (Å²) in [6, 6.07) is 20.7. The molecule has 198 valence electrons. The Bertz CT molecular complexity index is 1600. The number of hydrogen-bond donors (Lipinski definition) is 0. The molecule has 0 aliphatic carbocycles. The first kappa shape index (κ1) is 26.4. The fourth-order valence-corrected chi connectivity index (χ4v) is 6.34. The van der Waals surface area contributed by atoms with E-state index in [0.717, 1.165) is 5.75 Å². The van der Waals surface area contributed by atoms with Crippen molar-refractivity contribution in [3.63, 3.8) is 0 Å². The predicted octanol–water partition coefficient (Wildman–Crippen LogP) is 4.51. The van der Waals surface area contributed by atoms with Crippen LogP contribution in [0.25, 0.3) is 16.6 Å². The molecule has 38 heavy (non-hydrogen) atoms. The standard InChI is InChI=1S/C28H29ClN4O4S/c1-3-37-23-12-10-22(11-13-23)33-27(30-26-7-5-4-6-25(26)28(33)34)20(2)31-16-18-32(19-17-31)38(35,36)24-14-8-21(29)9-15-24/h4-15,20H,3,16-19H2,1-2H3. The summed E-state index contributed by atoms with van der Waals surface area (Å²) in [6.45, 7) is 6.14. The molecule has 1 aromatic heterocycles. The van der Waals surface area contributed by atoms with Crippen LogP contribution in [0.3, 0.4) is 0 Å². The Kier molecular flexibility index (Phi) is 7.54. The lowest BCUT2D eigenvalue weighted by molar-refractivity contribution is 0.140. The van der Waals surface area contributed by atoms with Crippen molar-refractivity contribution >= 4 is 32.5 Å². The van der Waals surface area contributed by atoms with Crippen molar-refractivity contribution in [2.75, 3.05) is 32.8 Å². The highest BCUT2D eigenvalue weighted by Crippen LogP contribution is 2.26. The van der Waals surface area contributed by atoms with Gasteiger partial charge in [-0.05, 0) is 74.5 Å². The molecular formula is C28H29ClN4O4S. The summed E-state index contributed by atoms with van der Waals surface area (Å²) in [5.41, 5.74) is 1.18. The smallest absolute Gasteiger partial charge is 0.266 e. The van der Waals surface area contributed by atoms with E-state index in [-0.39, 0.29) is 16.5 Å². The molecule has 2 heterocycles. The monoisotopic (exact) mass is 552 g/mol. The van der Waals surface area contributed by atoms with Gasteiger partial charge in [-0.25, -0.2) is 13.4 Å². The van der Waals surface area contributed by atoms with Gasteiger partial charge in [0.25, 0.3) is 5.56 Å².